The number of aromatic nitrogens is 2. The Balaban J connectivity index is 2.19. The highest BCUT2D eigenvalue weighted by Crippen LogP contribution is 2.31. The third-order valence-electron chi connectivity index (χ3n) is 3.51. The number of nitrogens with zero attached hydrogens (tertiary/aromatic N) is 4. The Morgan fingerprint density at radius 1 is 1.30 bits per heavy atom. The minimum Gasteiger partial charge on any atom is -0.463 e. The summed E-state index contributed by atoms with van der Waals surface area (Å²) < 4.78 is 44.7. The molecule has 0 amide bonds. The van der Waals surface area contributed by atoms with Gasteiger partial charge in [0.05, 0.1) is 23.7 Å². The molecule has 7 nitrogen and oxygen atoms in total. The normalized spacial score (nSPS) is 11.6. The molecule has 0 spiro atoms. The predicted octanol–water partition coefficient (Wildman–Crippen LogP) is 3.05. The van der Waals surface area contributed by atoms with Gasteiger partial charge in [-0.15, -0.1) is 0 Å². The van der Waals surface area contributed by atoms with Crippen LogP contribution >= 0.6 is 0 Å². The van der Waals surface area contributed by atoms with Crippen LogP contribution in [0.4, 0.5) is 24.7 Å². The van der Waals surface area contributed by atoms with Gasteiger partial charge >= 0.3 is 11.9 Å². The van der Waals surface area contributed by atoms with Crippen LogP contribution in [0.1, 0.15) is 17.0 Å². The summed E-state index contributed by atoms with van der Waals surface area (Å²) in [6.07, 6.45) is -1.96. The van der Waals surface area contributed by atoms with E-state index in [1.807, 2.05) is 0 Å². The lowest BCUT2D eigenvalue weighted by molar-refractivity contribution is -0.137. The van der Waals surface area contributed by atoms with Crippen molar-refractivity contribution in [3.05, 3.63) is 70.2 Å². The van der Waals surface area contributed by atoms with Gasteiger partial charge in [-0.25, -0.2) is 14.4 Å². The zero-order chi connectivity index (χ0) is 19.6. The zero-order valence-electron chi connectivity index (χ0n) is 13.4. The summed E-state index contributed by atoms with van der Waals surface area (Å²) in [5.74, 6) is 0.0174. The maximum Gasteiger partial charge on any atom is 0.416 e. The highest BCUT2D eigenvalue weighted by molar-refractivity contribution is 5.82. The number of nitriles is 1. The van der Waals surface area contributed by atoms with E-state index in [2.05, 4.69) is 9.98 Å². The smallest absolute Gasteiger partial charge is 0.416 e. The van der Waals surface area contributed by atoms with Crippen molar-refractivity contribution in [2.45, 2.75) is 6.18 Å². The largest absolute Gasteiger partial charge is 0.463 e. The molecule has 2 aromatic heterocycles. The Morgan fingerprint density at radius 2 is 2.07 bits per heavy atom. The van der Waals surface area contributed by atoms with E-state index in [-0.39, 0.29) is 22.9 Å². The monoisotopic (exact) mass is 373 g/mol. The van der Waals surface area contributed by atoms with Gasteiger partial charge in [0.15, 0.2) is 5.69 Å². The van der Waals surface area contributed by atoms with Crippen molar-refractivity contribution < 1.29 is 17.6 Å². The number of nitrogen functional groups attached to an aromatic ring is 1. The Morgan fingerprint density at radius 3 is 2.70 bits per heavy atom. The summed E-state index contributed by atoms with van der Waals surface area (Å²) in [4.78, 5) is 19.8. The van der Waals surface area contributed by atoms with E-state index in [9.17, 15) is 23.2 Å². The van der Waals surface area contributed by atoms with Crippen molar-refractivity contribution in [1.29, 1.82) is 5.26 Å². The lowest BCUT2D eigenvalue weighted by Crippen LogP contribution is -2.25. The molecule has 27 heavy (non-hydrogen) atoms. The van der Waals surface area contributed by atoms with Gasteiger partial charge in [-0.3, -0.25) is 0 Å². The van der Waals surface area contributed by atoms with Crippen molar-refractivity contribution in [1.82, 2.24) is 9.55 Å². The topological polar surface area (TPSA) is 110 Å². The summed E-state index contributed by atoms with van der Waals surface area (Å²) in [5, 5.41) is 9.17. The quantitative estimate of drug-likeness (QED) is 0.710. The minimum atomic E-state index is -4.60. The molecule has 0 saturated heterocycles. The van der Waals surface area contributed by atoms with Gasteiger partial charge in [0.25, 0.3) is 0 Å². The number of rotatable bonds is 3. The van der Waals surface area contributed by atoms with Crippen LogP contribution in [0.2, 0.25) is 0 Å². The Hall–Kier alpha value is -3.87. The predicted molar refractivity (Wildman–Crippen MR) is 89.9 cm³/mol. The first kappa shape index (κ1) is 17.9. The molecule has 3 aromatic rings. The molecular formula is C17H10F3N5O2. The standard InChI is InChI=1S/C17H10F3N5O2/c18-17(19,20)10-3-1-4-11(7-10)25-15(22)14(13(8-21)24-16(25)26)23-9-12-5-2-6-27-12/h1-7,9H,22H2. The number of anilines is 1. The molecule has 0 fully saturated rings. The van der Waals surface area contributed by atoms with Gasteiger partial charge in [0, 0.05) is 0 Å². The second-order valence-electron chi connectivity index (χ2n) is 5.25. The molecule has 0 unspecified atom stereocenters. The van der Waals surface area contributed by atoms with Crippen LogP contribution in [0.15, 0.2) is 56.9 Å². The maximum atomic E-state index is 12.9. The number of aliphatic imine (C=N–C) groups is 1. The zero-order valence-corrected chi connectivity index (χ0v) is 13.4. The van der Waals surface area contributed by atoms with Crippen LogP contribution in [0.3, 0.4) is 0 Å². The molecule has 0 aliphatic rings. The van der Waals surface area contributed by atoms with E-state index < -0.39 is 17.4 Å². The number of hydrogen-bond acceptors (Lipinski definition) is 6. The number of furan rings is 1. The summed E-state index contributed by atoms with van der Waals surface area (Å²) in [5.41, 5.74) is 3.30. The lowest BCUT2D eigenvalue weighted by Gasteiger charge is -2.13. The first-order chi connectivity index (χ1) is 12.8. The fourth-order valence-electron chi connectivity index (χ4n) is 2.30. The number of hydrogen-bond donors (Lipinski definition) is 1. The van der Waals surface area contributed by atoms with E-state index in [1.165, 1.54) is 18.5 Å². The van der Waals surface area contributed by atoms with Gasteiger partial charge < -0.3 is 10.2 Å². The highest BCUT2D eigenvalue weighted by Gasteiger charge is 2.31. The van der Waals surface area contributed by atoms with E-state index in [0.29, 0.717) is 5.76 Å². The average molecular weight is 373 g/mol. The molecule has 2 heterocycles. The number of halogens is 3. The third kappa shape index (κ3) is 3.57. The summed E-state index contributed by atoms with van der Waals surface area (Å²) in [6, 6.07) is 8.90. The fraction of sp³-hybridized carbons (Fsp3) is 0.0588. The van der Waals surface area contributed by atoms with Crippen LogP contribution in [-0.4, -0.2) is 15.8 Å². The summed E-state index contributed by atoms with van der Waals surface area (Å²) in [7, 11) is 0. The van der Waals surface area contributed by atoms with E-state index in [4.69, 9.17) is 10.2 Å². The van der Waals surface area contributed by atoms with Gasteiger partial charge in [-0.1, -0.05) is 6.07 Å². The molecule has 10 heteroatoms. The van der Waals surface area contributed by atoms with E-state index >= 15 is 0 Å². The van der Waals surface area contributed by atoms with Gasteiger partial charge in [0.2, 0.25) is 0 Å². The summed E-state index contributed by atoms with van der Waals surface area (Å²) in [6.45, 7) is 0. The number of benzene rings is 1. The van der Waals surface area contributed by atoms with Crippen LogP contribution in [0.25, 0.3) is 5.69 Å². The van der Waals surface area contributed by atoms with Crippen molar-refractivity contribution in [3.8, 4) is 11.8 Å². The highest BCUT2D eigenvalue weighted by atomic mass is 19.4. The summed E-state index contributed by atoms with van der Waals surface area (Å²) >= 11 is 0. The Labute approximate surface area is 149 Å². The third-order valence-corrected chi connectivity index (χ3v) is 3.51. The molecule has 1 aromatic carbocycles. The molecule has 0 aliphatic heterocycles. The minimum absolute atomic E-state index is 0.154. The molecule has 2 N–H and O–H groups in total. The molecule has 0 aliphatic carbocycles. The van der Waals surface area contributed by atoms with Crippen LogP contribution in [-0.2, 0) is 6.18 Å². The molecule has 3 rings (SSSR count). The van der Waals surface area contributed by atoms with Gasteiger partial charge in [0.1, 0.15) is 23.3 Å². The van der Waals surface area contributed by atoms with E-state index in [1.54, 1.807) is 18.2 Å². The molecule has 0 bridgehead atoms. The van der Waals surface area contributed by atoms with Crippen LogP contribution in [0, 0.1) is 11.3 Å². The number of alkyl halides is 3. The first-order valence-corrected chi connectivity index (χ1v) is 7.39. The molecule has 0 atom stereocenters. The van der Waals surface area contributed by atoms with Crippen molar-refractivity contribution in [2.24, 2.45) is 4.99 Å². The molecule has 136 valence electrons. The second-order valence-corrected chi connectivity index (χ2v) is 5.25. The molecular weight excluding hydrogens is 363 g/mol. The lowest BCUT2D eigenvalue weighted by atomic mass is 10.2. The van der Waals surface area contributed by atoms with Crippen molar-refractivity contribution in [2.75, 3.05) is 5.73 Å². The maximum absolute atomic E-state index is 12.9. The van der Waals surface area contributed by atoms with Gasteiger partial charge in [-0.2, -0.15) is 23.4 Å². The Bertz CT molecular complexity index is 1110. The van der Waals surface area contributed by atoms with Crippen LogP contribution < -0.4 is 11.4 Å². The molecule has 0 radical (unpaired) electrons. The second kappa shape index (κ2) is 6.80. The molecule has 0 saturated carbocycles. The number of nitrogens with two attached hydrogens (primary N) is 1. The fourth-order valence-corrected chi connectivity index (χ4v) is 2.30. The van der Waals surface area contributed by atoms with Crippen molar-refractivity contribution >= 4 is 17.7 Å². The van der Waals surface area contributed by atoms with Crippen LogP contribution in [0.5, 0.6) is 0 Å². The van der Waals surface area contributed by atoms with Gasteiger partial charge in [-0.05, 0) is 30.3 Å². The Kier molecular flexibility index (Phi) is 4.51. The average Bonchev–Trinajstić information content (AvgIpc) is 3.13. The van der Waals surface area contributed by atoms with E-state index in [0.717, 1.165) is 22.8 Å². The van der Waals surface area contributed by atoms with Crippen molar-refractivity contribution in [3.63, 3.8) is 0 Å². The SMILES string of the molecule is N#Cc1nc(=O)n(-c2cccc(C(F)(F)F)c2)c(N)c1N=Cc1ccco1. The first-order valence-electron chi connectivity index (χ1n) is 7.39.